The van der Waals surface area contributed by atoms with E-state index in [4.69, 9.17) is 0 Å². The Morgan fingerprint density at radius 1 is 0.833 bits per heavy atom. The highest BCUT2D eigenvalue weighted by molar-refractivity contribution is 7.89. The quantitative estimate of drug-likeness (QED) is 0.591. The van der Waals surface area contributed by atoms with Crippen molar-refractivity contribution in [2.45, 2.75) is 17.9 Å². The van der Waals surface area contributed by atoms with Crippen LogP contribution in [0.4, 0.5) is 0 Å². The molecule has 0 spiro atoms. The van der Waals surface area contributed by atoms with Gasteiger partial charge in [0.15, 0.2) is 0 Å². The molecule has 2 amide bonds. The van der Waals surface area contributed by atoms with Gasteiger partial charge in [-0.2, -0.15) is 0 Å². The van der Waals surface area contributed by atoms with Crippen LogP contribution in [0, 0.1) is 0 Å². The molecule has 3 aromatic rings. The number of nitrogens with zero attached hydrogens (tertiary/aromatic N) is 2. The molecule has 2 heterocycles. The maximum Gasteiger partial charge on any atom is 0.280 e. The Morgan fingerprint density at radius 2 is 1.57 bits per heavy atom. The lowest BCUT2D eigenvalue weighted by Gasteiger charge is -2.14. The highest BCUT2D eigenvalue weighted by Gasteiger charge is 2.36. The van der Waals surface area contributed by atoms with Crippen molar-refractivity contribution in [2.75, 3.05) is 6.54 Å². The minimum Gasteiger partial charge on any atom is -0.268 e. The molecular formula is C22H19N3O4S. The number of carbonyl (C=O) groups is 2. The highest BCUT2D eigenvalue weighted by atomic mass is 32.2. The molecule has 0 aliphatic carbocycles. The number of carbonyl (C=O) groups excluding carboxylic acids is 2. The highest BCUT2D eigenvalue weighted by Crippen LogP contribution is 2.23. The van der Waals surface area contributed by atoms with Gasteiger partial charge in [0.1, 0.15) is 5.69 Å². The largest absolute Gasteiger partial charge is 0.280 e. The number of nitrogens with one attached hydrogen (secondary N) is 1. The van der Waals surface area contributed by atoms with Crippen molar-refractivity contribution < 1.29 is 18.0 Å². The lowest BCUT2D eigenvalue weighted by molar-refractivity contribution is 0.0640. The third-order valence-corrected chi connectivity index (χ3v) is 6.33. The lowest BCUT2D eigenvalue weighted by atomic mass is 10.2. The van der Waals surface area contributed by atoms with Gasteiger partial charge in [-0.15, -0.1) is 0 Å². The normalized spacial score (nSPS) is 13.5. The molecule has 30 heavy (non-hydrogen) atoms. The summed E-state index contributed by atoms with van der Waals surface area (Å²) in [6.45, 7) is 0.339. The van der Waals surface area contributed by atoms with Crippen molar-refractivity contribution in [3.63, 3.8) is 0 Å². The number of amides is 2. The van der Waals surface area contributed by atoms with Crippen molar-refractivity contribution in [3.05, 3.63) is 95.3 Å². The number of aromatic nitrogens is 1. The fraction of sp³-hybridized carbons (Fsp3) is 0.136. The summed E-state index contributed by atoms with van der Waals surface area (Å²) in [4.78, 5) is 30.1. The van der Waals surface area contributed by atoms with Gasteiger partial charge >= 0.3 is 0 Å². The summed E-state index contributed by atoms with van der Waals surface area (Å²) in [5.74, 6) is -0.850. The first-order valence-electron chi connectivity index (χ1n) is 9.39. The van der Waals surface area contributed by atoms with Gasteiger partial charge in [0.25, 0.3) is 11.8 Å². The van der Waals surface area contributed by atoms with Crippen LogP contribution in [-0.4, -0.2) is 36.7 Å². The maximum atomic E-state index is 12.5. The number of pyridine rings is 1. The van der Waals surface area contributed by atoms with Crippen LogP contribution in [0.25, 0.3) is 0 Å². The maximum absolute atomic E-state index is 12.5. The number of hydrogen-bond donors (Lipinski definition) is 1. The summed E-state index contributed by atoms with van der Waals surface area (Å²) in [6.07, 6.45) is 2.06. The summed E-state index contributed by atoms with van der Waals surface area (Å²) >= 11 is 0. The zero-order chi connectivity index (χ0) is 21.1. The van der Waals surface area contributed by atoms with Gasteiger partial charge in [0, 0.05) is 12.7 Å². The Labute approximate surface area is 174 Å². The average molecular weight is 421 g/mol. The minimum atomic E-state index is -3.65. The van der Waals surface area contributed by atoms with E-state index in [0.717, 1.165) is 10.5 Å². The summed E-state index contributed by atoms with van der Waals surface area (Å²) < 4.78 is 27.6. The minimum absolute atomic E-state index is 0.0514. The Hall–Kier alpha value is -3.36. The molecule has 0 radical (unpaired) electrons. The summed E-state index contributed by atoms with van der Waals surface area (Å²) in [7, 11) is -3.65. The Balaban J connectivity index is 1.40. The van der Waals surface area contributed by atoms with Crippen LogP contribution in [0.3, 0.4) is 0 Å². The molecular weight excluding hydrogens is 402 g/mol. The monoisotopic (exact) mass is 421 g/mol. The van der Waals surface area contributed by atoms with E-state index < -0.39 is 21.8 Å². The third-order valence-electron chi connectivity index (χ3n) is 4.85. The fourth-order valence-electron chi connectivity index (χ4n) is 3.27. The first-order chi connectivity index (χ1) is 14.5. The first-order valence-corrected chi connectivity index (χ1v) is 10.9. The number of fused-ring (bicyclic) bond motifs is 1. The van der Waals surface area contributed by atoms with Crippen LogP contribution in [0.5, 0.6) is 0 Å². The summed E-state index contributed by atoms with van der Waals surface area (Å²) in [5.41, 5.74) is 2.12. The molecule has 7 nitrogen and oxygen atoms in total. The van der Waals surface area contributed by atoms with Gasteiger partial charge in [-0.25, -0.2) is 13.1 Å². The molecule has 1 aliphatic rings. The number of benzene rings is 2. The average Bonchev–Trinajstić information content (AvgIpc) is 3.00. The number of rotatable bonds is 7. The van der Waals surface area contributed by atoms with Crippen LogP contribution < -0.4 is 4.72 Å². The van der Waals surface area contributed by atoms with Crippen molar-refractivity contribution in [3.8, 4) is 0 Å². The van der Waals surface area contributed by atoms with Crippen molar-refractivity contribution in [2.24, 2.45) is 0 Å². The topological polar surface area (TPSA) is 96.4 Å². The molecule has 2 aromatic carbocycles. The number of sulfonamides is 1. The van der Waals surface area contributed by atoms with Gasteiger partial charge in [0.2, 0.25) is 10.0 Å². The fourth-order valence-corrected chi connectivity index (χ4v) is 4.30. The zero-order valence-electron chi connectivity index (χ0n) is 16.0. The molecule has 0 saturated heterocycles. The zero-order valence-corrected chi connectivity index (χ0v) is 16.8. The molecule has 4 rings (SSSR count). The van der Waals surface area contributed by atoms with E-state index in [-0.39, 0.29) is 29.2 Å². The van der Waals surface area contributed by atoms with Gasteiger partial charge < -0.3 is 0 Å². The molecule has 0 unspecified atom stereocenters. The standard InChI is InChI=1S/C22H19N3O4S/c26-21-19-7-4-13-23-20(19)22(27)25(21)15-17-8-10-18(11-9-17)30(28,29)24-14-12-16-5-2-1-3-6-16/h1-11,13,24H,12,14-15H2. The van der Waals surface area contributed by atoms with Gasteiger partial charge in [-0.05, 0) is 41.8 Å². The third kappa shape index (κ3) is 4.00. The molecule has 1 aromatic heterocycles. The van der Waals surface area contributed by atoms with Crippen LogP contribution in [-0.2, 0) is 23.0 Å². The second-order valence-corrected chi connectivity index (χ2v) is 8.64. The Morgan fingerprint density at radius 3 is 2.27 bits per heavy atom. The van der Waals surface area contributed by atoms with Crippen molar-refractivity contribution in [1.82, 2.24) is 14.6 Å². The van der Waals surface area contributed by atoms with E-state index in [9.17, 15) is 18.0 Å². The summed E-state index contributed by atoms with van der Waals surface area (Å²) in [6, 6.07) is 18.9. The van der Waals surface area contributed by atoms with Crippen LogP contribution in [0.2, 0.25) is 0 Å². The van der Waals surface area contributed by atoms with E-state index in [1.54, 1.807) is 24.3 Å². The SMILES string of the molecule is O=C1c2cccnc2C(=O)N1Cc1ccc(S(=O)(=O)NCCc2ccccc2)cc1. The molecule has 152 valence electrons. The Kier molecular flexibility index (Phi) is 5.43. The van der Waals surface area contributed by atoms with Crippen molar-refractivity contribution in [1.29, 1.82) is 0 Å². The van der Waals surface area contributed by atoms with Crippen LogP contribution in [0.1, 0.15) is 32.0 Å². The van der Waals surface area contributed by atoms with Crippen LogP contribution in [0.15, 0.2) is 77.8 Å². The van der Waals surface area contributed by atoms with Gasteiger partial charge in [-0.1, -0.05) is 42.5 Å². The molecule has 1 N–H and O–H groups in total. The smallest absolute Gasteiger partial charge is 0.268 e. The van der Waals surface area contributed by atoms with E-state index >= 15 is 0 Å². The lowest BCUT2D eigenvalue weighted by Crippen LogP contribution is -2.29. The molecule has 1 aliphatic heterocycles. The molecule has 0 atom stereocenters. The predicted octanol–water partition coefficient (Wildman–Crippen LogP) is 2.40. The number of imide groups is 1. The van der Waals surface area contributed by atoms with Gasteiger partial charge in [-0.3, -0.25) is 19.5 Å². The number of hydrogen-bond acceptors (Lipinski definition) is 5. The first kappa shape index (κ1) is 19.9. The van der Waals surface area contributed by atoms with Crippen molar-refractivity contribution >= 4 is 21.8 Å². The Bertz CT molecular complexity index is 1160. The van der Waals surface area contributed by atoms with E-state index in [2.05, 4.69) is 9.71 Å². The molecule has 0 saturated carbocycles. The molecule has 8 heteroatoms. The molecule has 0 bridgehead atoms. The molecule has 0 fully saturated rings. The van der Waals surface area contributed by atoms with E-state index in [1.807, 2.05) is 30.3 Å². The van der Waals surface area contributed by atoms with Gasteiger partial charge in [0.05, 0.1) is 17.0 Å². The summed E-state index contributed by atoms with van der Waals surface area (Å²) in [5, 5.41) is 0. The van der Waals surface area contributed by atoms with E-state index in [1.165, 1.54) is 18.3 Å². The second-order valence-electron chi connectivity index (χ2n) is 6.87. The van der Waals surface area contributed by atoms with Crippen LogP contribution >= 0.6 is 0 Å². The van der Waals surface area contributed by atoms with E-state index in [0.29, 0.717) is 12.0 Å². The second kappa shape index (κ2) is 8.17. The predicted molar refractivity (Wildman–Crippen MR) is 110 cm³/mol.